The molecule has 3 rings (SSSR count). The van der Waals surface area contributed by atoms with Gasteiger partial charge >= 0.3 is 5.97 Å². The van der Waals surface area contributed by atoms with E-state index < -0.39 is 16.0 Å². The first-order valence-electron chi connectivity index (χ1n) is 7.78. The molecule has 0 unspecified atom stereocenters. The first-order chi connectivity index (χ1) is 11.8. The highest BCUT2D eigenvalue weighted by atomic mass is 32.2. The van der Waals surface area contributed by atoms with Crippen molar-refractivity contribution < 1.29 is 23.1 Å². The lowest BCUT2D eigenvalue weighted by molar-refractivity contribution is 0.0677. The largest absolute Gasteiger partial charge is 0.476 e. The zero-order valence-electron chi connectivity index (χ0n) is 13.3. The van der Waals surface area contributed by atoms with Gasteiger partial charge in [-0.3, -0.25) is 0 Å². The number of hydrogen-bond donors (Lipinski definition) is 3. The summed E-state index contributed by atoms with van der Waals surface area (Å²) >= 11 is 0. The maximum atomic E-state index is 11.3. The molecule has 1 fully saturated rings. The van der Waals surface area contributed by atoms with Gasteiger partial charge in [0.05, 0.1) is 4.90 Å². The lowest BCUT2D eigenvalue weighted by Crippen LogP contribution is -2.24. The molecule has 0 radical (unpaired) electrons. The van der Waals surface area contributed by atoms with Crippen LogP contribution in [0, 0.1) is 0 Å². The summed E-state index contributed by atoms with van der Waals surface area (Å²) in [6.45, 7) is 0. The first-order valence-corrected chi connectivity index (χ1v) is 9.33. The summed E-state index contributed by atoms with van der Waals surface area (Å²) in [5.41, 5.74) is 0.902. The van der Waals surface area contributed by atoms with Gasteiger partial charge in [0.1, 0.15) is 6.10 Å². The Kier molecular flexibility index (Phi) is 4.73. The van der Waals surface area contributed by atoms with Gasteiger partial charge in [-0.1, -0.05) is 22.4 Å². The highest BCUT2D eigenvalue weighted by Crippen LogP contribution is 2.34. The second kappa shape index (κ2) is 6.81. The molecule has 9 nitrogen and oxygen atoms in total. The van der Waals surface area contributed by atoms with Crippen LogP contribution in [0.4, 0.5) is 0 Å². The molecule has 134 valence electrons. The number of ether oxygens (including phenoxy) is 1. The SMILES string of the molecule is NS(=O)(=O)c1ccc([C@H]2CC[C@H](Oc3nn[nH]c3C(=O)O)CC2)cc1. The van der Waals surface area contributed by atoms with Crippen molar-refractivity contribution in [2.75, 3.05) is 0 Å². The second-order valence-electron chi connectivity index (χ2n) is 6.00. The van der Waals surface area contributed by atoms with Crippen LogP contribution in [0.2, 0.25) is 0 Å². The van der Waals surface area contributed by atoms with Crippen molar-refractivity contribution >= 4 is 16.0 Å². The van der Waals surface area contributed by atoms with Crippen molar-refractivity contribution in [1.29, 1.82) is 0 Å². The van der Waals surface area contributed by atoms with Gasteiger partial charge in [-0.2, -0.15) is 0 Å². The molecule has 1 saturated carbocycles. The van der Waals surface area contributed by atoms with Crippen LogP contribution in [0.5, 0.6) is 5.88 Å². The number of primary sulfonamides is 1. The number of aromatic nitrogens is 3. The Morgan fingerprint density at radius 3 is 2.40 bits per heavy atom. The molecular formula is C15H18N4O5S. The van der Waals surface area contributed by atoms with Crippen LogP contribution in [0.15, 0.2) is 29.2 Å². The van der Waals surface area contributed by atoms with E-state index in [0.29, 0.717) is 5.92 Å². The summed E-state index contributed by atoms with van der Waals surface area (Å²) in [7, 11) is -3.68. The molecule has 0 saturated heterocycles. The van der Waals surface area contributed by atoms with Gasteiger partial charge < -0.3 is 9.84 Å². The number of H-pyrrole nitrogens is 1. The summed E-state index contributed by atoms with van der Waals surface area (Å²) in [5, 5.41) is 23.5. The van der Waals surface area contributed by atoms with Crippen LogP contribution in [0.1, 0.15) is 47.7 Å². The summed E-state index contributed by atoms with van der Waals surface area (Å²) in [5.74, 6) is -0.859. The topological polar surface area (TPSA) is 148 Å². The third-order valence-corrected chi connectivity index (χ3v) is 5.29. The van der Waals surface area contributed by atoms with Gasteiger partial charge in [0.2, 0.25) is 15.7 Å². The maximum absolute atomic E-state index is 11.3. The Morgan fingerprint density at radius 1 is 1.20 bits per heavy atom. The zero-order chi connectivity index (χ0) is 18.0. The van der Waals surface area contributed by atoms with Crippen molar-refractivity contribution in [1.82, 2.24) is 15.4 Å². The van der Waals surface area contributed by atoms with E-state index in [4.69, 9.17) is 15.0 Å². The maximum Gasteiger partial charge on any atom is 0.359 e. The van der Waals surface area contributed by atoms with Crippen molar-refractivity contribution in [2.45, 2.75) is 42.6 Å². The number of carbonyl (C=O) groups is 1. The Labute approximate surface area is 144 Å². The molecule has 1 aliphatic carbocycles. The highest BCUT2D eigenvalue weighted by Gasteiger charge is 2.26. The third kappa shape index (κ3) is 3.97. The zero-order valence-corrected chi connectivity index (χ0v) is 14.1. The quantitative estimate of drug-likeness (QED) is 0.721. The number of sulfonamides is 1. The molecule has 1 aromatic heterocycles. The number of hydrogen-bond acceptors (Lipinski definition) is 6. The molecule has 0 bridgehead atoms. The minimum atomic E-state index is -3.68. The predicted molar refractivity (Wildman–Crippen MR) is 86.8 cm³/mol. The number of aromatic carboxylic acids is 1. The second-order valence-corrected chi connectivity index (χ2v) is 7.56. The number of nitrogens with zero attached hydrogens (tertiary/aromatic N) is 2. The first kappa shape index (κ1) is 17.4. The van der Waals surface area contributed by atoms with Gasteiger partial charge in [-0.05, 0) is 49.3 Å². The number of benzene rings is 1. The molecule has 0 aliphatic heterocycles. The van der Waals surface area contributed by atoms with E-state index in [0.717, 1.165) is 31.2 Å². The fourth-order valence-electron chi connectivity index (χ4n) is 3.04. The monoisotopic (exact) mass is 366 g/mol. The van der Waals surface area contributed by atoms with Crippen molar-refractivity contribution in [3.63, 3.8) is 0 Å². The van der Waals surface area contributed by atoms with Gasteiger partial charge in [-0.25, -0.2) is 23.4 Å². The number of carboxylic acids is 1. The average Bonchev–Trinajstić information content (AvgIpc) is 3.03. The smallest absolute Gasteiger partial charge is 0.359 e. The standard InChI is InChI=1S/C15H18N4O5S/c16-25(22,23)12-7-3-10(4-8-12)9-1-5-11(6-2-9)24-14-13(15(20)21)17-19-18-14/h3-4,7-9,11H,1-2,5-6H2,(H,20,21)(H2,16,22,23)(H,17,18,19)/t9-,11-. The average molecular weight is 366 g/mol. The number of nitrogens with one attached hydrogen (secondary N) is 1. The minimum absolute atomic E-state index is 0.00783. The van der Waals surface area contributed by atoms with E-state index in [2.05, 4.69) is 15.4 Å². The summed E-state index contributed by atoms with van der Waals surface area (Å²) in [4.78, 5) is 11.1. The molecule has 10 heteroatoms. The lowest BCUT2D eigenvalue weighted by atomic mass is 9.83. The Morgan fingerprint density at radius 2 is 1.84 bits per heavy atom. The normalized spacial score (nSPS) is 21.0. The van der Waals surface area contributed by atoms with Crippen LogP contribution in [-0.2, 0) is 10.0 Å². The van der Waals surface area contributed by atoms with Crippen LogP contribution < -0.4 is 9.88 Å². The molecule has 2 aromatic rings. The van der Waals surface area contributed by atoms with Crippen molar-refractivity contribution in [2.24, 2.45) is 5.14 Å². The van der Waals surface area contributed by atoms with E-state index >= 15 is 0 Å². The number of carboxylic acid groups (broad SMARTS) is 1. The van der Waals surface area contributed by atoms with E-state index in [1.54, 1.807) is 12.1 Å². The molecule has 25 heavy (non-hydrogen) atoms. The minimum Gasteiger partial charge on any atom is -0.476 e. The van der Waals surface area contributed by atoms with Crippen LogP contribution in [-0.4, -0.2) is 41.0 Å². The molecule has 1 aromatic carbocycles. The summed E-state index contributed by atoms with van der Waals surface area (Å²) in [6.07, 6.45) is 3.06. The van der Waals surface area contributed by atoms with Crippen LogP contribution in [0.3, 0.4) is 0 Å². The lowest BCUT2D eigenvalue weighted by Gasteiger charge is -2.28. The molecule has 1 heterocycles. The molecule has 1 aliphatic rings. The van der Waals surface area contributed by atoms with E-state index in [1.165, 1.54) is 12.1 Å². The number of rotatable bonds is 5. The Hall–Kier alpha value is -2.46. The molecule has 0 atom stereocenters. The van der Waals surface area contributed by atoms with E-state index in [1.807, 2.05) is 0 Å². The fourth-order valence-corrected chi connectivity index (χ4v) is 3.56. The molecule has 0 amide bonds. The number of aromatic amines is 1. The van der Waals surface area contributed by atoms with Gasteiger partial charge in [0.15, 0.2) is 0 Å². The fraction of sp³-hybridized carbons (Fsp3) is 0.400. The van der Waals surface area contributed by atoms with Crippen LogP contribution in [0.25, 0.3) is 0 Å². The summed E-state index contributed by atoms with van der Waals surface area (Å²) in [6, 6.07) is 6.60. The van der Waals surface area contributed by atoms with E-state index in [-0.39, 0.29) is 22.6 Å². The third-order valence-electron chi connectivity index (χ3n) is 4.36. The van der Waals surface area contributed by atoms with Crippen molar-refractivity contribution in [3.05, 3.63) is 35.5 Å². The predicted octanol–water partition coefficient (Wildman–Crippen LogP) is 1.26. The number of nitrogens with two attached hydrogens (primary N) is 1. The molecular weight excluding hydrogens is 348 g/mol. The molecule has 4 N–H and O–H groups in total. The van der Waals surface area contributed by atoms with Gasteiger partial charge in [-0.15, -0.1) is 0 Å². The van der Waals surface area contributed by atoms with Crippen molar-refractivity contribution in [3.8, 4) is 5.88 Å². The van der Waals surface area contributed by atoms with Crippen LogP contribution >= 0.6 is 0 Å². The highest BCUT2D eigenvalue weighted by molar-refractivity contribution is 7.89. The van der Waals surface area contributed by atoms with E-state index in [9.17, 15) is 13.2 Å². The molecule has 0 spiro atoms. The Balaban J connectivity index is 1.60. The Bertz CT molecular complexity index is 854. The van der Waals surface area contributed by atoms with Gasteiger partial charge in [0, 0.05) is 0 Å². The summed E-state index contributed by atoms with van der Waals surface area (Å²) < 4.78 is 28.2. The van der Waals surface area contributed by atoms with Gasteiger partial charge in [0.25, 0.3) is 5.88 Å².